The van der Waals surface area contributed by atoms with Crippen molar-refractivity contribution < 1.29 is 31.8 Å². The molecule has 0 aliphatic heterocycles. The zero-order chi connectivity index (χ0) is 18.6. The Morgan fingerprint density at radius 2 is 1.77 bits per heavy atom. The lowest BCUT2D eigenvalue weighted by atomic mass is 9.85. The molecule has 26 heavy (non-hydrogen) atoms. The van der Waals surface area contributed by atoms with Crippen molar-refractivity contribution in [1.82, 2.24) is 0 Å². The maximum atomic E-state index is 14.5. The van der Waals surface area contributed by atoms with Crippen molar-refractivity contribution in [3.8, 4) is 17.2 Å². The molecule has 2 aliphatic carbocycles. The average molecular weight is 374 g/mol. The van der Waals surface area contributed by atoms with E-state index >= 15 is 0 Å². The molecule has 0 bridgehead atoms. The standard InChI is InChI=1S/C19H22F4O3/c20-17-15(24-11-2-5-13-3-1-4-13)8-9-16(18(17)26-19(21,22)23)25-12-10-14-6-7-14/h2,5,8-9,13-14H,1,3-4,6-7,10-12H2/b5-2+. The van der Waals surface area contributed by atoms with Crippen molar-refractivity contribution in [2.45, 2.75) is 44.9 Å². The molecule has 1 aromatic carbocycles. The van der Waals surface area contributed by atoms with Crippen LogP contribution in [0.5, 0.6) is 17.2 Å². The lowest BCUT2D eigenvalue weighted by Crippen LogP contribution is -2.19. The number of allylic oxidation sites excluding steroid dienone is 1. The minimum absolute atomic E-state index is 0.0841. The topological polar surface area (TPSA) is 27.7 Å². The molecule has 0 aromatic heterocycles. The van der Waals surface area contributed by atoms with Gasteiger partial charge in [0, 0.05) is 0 Å². The Morgan fingerprint density at radius 3 is 2.38 bits per heavy atom. The van der Waals surface area contributed by atoms with Crippen LogP contribution in [0.1, 0.15) is 38.5 Å². The molecule has 0 radical (unpaired) electrons. The van der Waals surface area contributed by atoms with Gasteiger partial charge in [-0.1, -0.05) is 31.4 Å². The van der Waals surface area contributed by atoms with E-state index < -0.39 is 17.9 Å². The monoisotopic (exact) mass is 374 g/mol. The molecule has 3 rings (SSSR count). The third kappa shape index (κ3) is 5.54. The molecule has 3 nitrogen and oxygen atoms in total. The number of hydrogen-bond acceptors (Lipinski definition) is 3. The van der Waals surface area contributed by atoms with E-state index in [0.29, 0.717) is 11.8 Å². The highest BCUT2D eigenvalue weighted by Gasteiger charge is 2.35. The van der Waals surface area contributed by atoms with Gasteiger partial charge in [0.25, 0.3) is 0 Å². The highest BCUT2D eigenvalue weighted by atomic mass is 19.4. The molecule has 2 aliphatic rings. The first-order valence-electron chi connectivity index (χ1n) is 8.93. The highest BCUT2D eigenvalue weighted by Crippen LogP contribution is 2.40. The molecule has 0 amide bonds. The van der Waals surface area contributed by atoms with Crippen LogP contribution in [0.2, 0.25) is 0 Å². The van der Waals surface area contributed by atoms with Crippen LogP contribution in [0.3, 0.4) is 0 Å². The van der Waals surface area contributed by atoms with Crippen molar-refractivity contribution >= 4 is 0 Å². The van der Waals surface area contributed by atoms with Crippen molar-refractivity contribution in [2.75, 3.05) is 13.2 Å². The highest BCUT2D eigenvalue weighted by molar-refractivity contribution is 5.47. The van der Waals surface area contributed by atoms with Gasteiger partial charge in [0.1, 0.15) is 6.61 Å². The zero-order valence-electron chi connectivity index (χ0n) is 14.4. The van der Waals surface area contributed by atoms with E-state index in [-0.39, 0.29) is 24.7 Å². The number of benzene rings is 1. The lowest BCUT2D eigenvalue weighted by Gasteiger charge is -2.21. The summed E-state index contributed by atoms with van der Waals surface area (Å²) in [5.41, 5.74) is 0. The molecule has 0 unspecified atom stereocenters. The summed E-state index contributed by atoms with van der Waals surface area (Å²) in [6.45, 7) is 0.309. The number of halogens is 4. The van der Waals surface area contributed by atoms with Gasteiger partial charge in [-0.15, -0.1) is 13.2 Å². The van der Waals surface area contributed by atoms with Crippen LogP contribution < -0.4 is 14.2 Å². The molecule has 7 heteroatoms. The van der Waals surface area contributed by atoms with Crippen LogP contribution in [-0.2, 0) is 0 Å². The maximum Gasteiger partial charge on any atom is 0.573 e. The Labute approximate surface area is 149 Å². The second-order valence-electron chi connectivity index (χ2n) is 6.76. The van der Waals surface area contributed by atoms with Gasteiger partial charge in [-0.05, 0) is 43.2 Å². The first kappa shape index (κ1) is 18.9. The Kier molecular flexibility index (Phi) is 5.94. The van der Waals surface area contributed by atoms with Gasteiger partial charge in [-0.3, -0.25) is 0 Å². The number of rotatable bonds is 9. The van der Waals surface area contributed by atoms with Crippen LogP contribution in [0.25, 0.3) is 0 Å². The molecule has 0 N–H and O–H groups in total. The predicted octanol–water partition coefficient (Wildman–Crippen LogP) is 5.64. The molecule has 2 saturated carbocycles. The minimum Gasteiger partial charge on any atom is -0.490 e. The van der Waals surface area contributed by atoms with Crippen LogP contribution in [0.15, 0.2) is 24.3 Å². The fraction of sp³-hybridized carbons (Fsp3) is 0.579. The van der Waals surface area contributed by atoms with Gasteiger partial charge in [0.2, 0.25) is 11.6 Å². The van der Waals surface area contributed by atoms with Crippen molar-refractivity contribution in [1.29, 1.82) is 0 Å². The minimum atomic E-state index is -5.02. The van der Waals surface area contributed by atoms with Gasteiger partial charge in [-0.2, -0.15) is 4.39 Å². The van der Waals surface area contributed by atoms with E-state index in [9.17, 15) is 17.6 Å². The molecule has 2 fully saturated rings. The summed E-state index contributed by atoms with van der Waals surface area (Å²) >= 11 is 0. The molecule has 0 spiro atoms. The average Bonchev–Trinajstić information content (AvgIpc) is 3.33. The van der Waals surface area contributed by atoms with Crippen LogP contribution >= 0.6 is 0 Å². The molecular weight excluding hydrogens is 352 g/mol. The summed E-state index contributed by atoms with van der Waals surface area (Å²) in [6.07, 6.45) is 5.12. The molecular formula is C19H22F4O3. The predicted molar refractivity (Wildman–Crippen MR) is 87.9 cm³/mol. The van der Waals surface area contributed by atoms with Gasteiger partial charge < -0.3 is 14.2 Å². The number of alkyl halides is 3. The number of hydrogen-bond donors (Lipinski definition) is 0. The van der Waals surface area contributed by atoms with Crippen LogP contribution in [0.4, 0.5) is 17.6 Å². The normalized spacial score (nSPS) is 18.0. The Morgan fingerprint density at radius 1 is 1.04 bits per heavy atom. The zero-order valence-corrected chi connectivity index (χ0v) is 14.4. The molecule has 1 aromatic rings. The Hall–Kier alpha value is -1.92. The Bertz CT molecular complexity index is 634. The fourth-order valence-corrected chi connectivity index (χ4v) is 2.72. The molecule has 144 valence electrons. The summed E-state index contributed by atoms with van der Waals surface area (Å²) in [4.78, 5) is 0. The molecule has 0 atom stereocenters. The second kappa shape index (κ2) is 8.18. The molecule has 0 heterocycles. The van der Waals surface area contributed by atoms with E-state index in [0.717, 1.165) is 32.1 Å². The third-order valence-electron chi connectivity index (χ3n) is 4.62. The summed E-state index contributed by atoms with van der Waals surface area (Å²) in [5.74, 6) is -1.67. The van der Waals surface area contributed by atoms with E-state index in [1.807, 2.05) is 6.08 Å². The molecule has 0 saturated heterocycles. The van der Waals surface area contributed by atoms with Gasteiger partial charge in [0.05, 0.1) is 6.61 Å². The van der Waals surface area contributed by atoms with E-state index in [1.165, 1.54) is 18.6 Å². The maximum absolute atomic E-state index is 14.5. The SMILES string of the molecule is Fc1c(OC/C=C/C2CCC2)ccc(OCCC2CC2)c1OC(F)(F)F. The number of ether oxygens (including phenoxy) is 3. The van der Waals surface area contributed by atoms with Crippen LogP contribution in [-0.4, -0.2) is 19.6 Å². The van der Waals surface area contributed by atoms with E-state index in [4.69, 9.17) is 9.47 Å². The quantitative estimate of drug-likeness (QED) is 0.414. The fourth-order valence-electron chi connectivity index (χ4n) is 2.72. The smallest absolute Gasteiger partial charge is 0.490 e. The third-order valence-corrected chi connectivity index (χ3v) is 4.62. The van der Waals surface area contributed by atoms with Gasteiger partial charge in [-0.25, -0.2) is 0 Å². The Balaban J connectivity index is 1.65. The van der Waals surface area contributed by atoms with Crippen molar-refractivity contribution in [2.24, 2.45) is 11.8 Å². The van der Waals surface area contributed by atoms with Crippen LogP contribution in [0, 0.1) is 17.7 Å². The van der Waals surface area contributed by atoms with E-state index in [2.05, 4.69) is 4.74 Å². The second-order valence-corrected chi connectivity index (χ2v) is 6.76. The first-order valence-corrected chi connectivity index (χ1v) is 8.93. The van der Waals surface area contributed by atoms with E-state index in [1.54, 1.807) is 6.08 Å². The van der Waals surface area contributed by atoms with Gasteiger partial charge >= 0.3 is 6.36 Å². The summed E-state index contributed by atoms with van der Waals surface area (Å²) in [5, 5.41) is 0. The summed E-state index contributed by atoms with van der Waals surface area (Å²) < 4.78 is 66.8. The van der Waals surface area contributed by atoms with Crippen molar-refractivity contribution in [3.63, 3.8) is 0 Å². The first-order chi connectivity index (χ1) is 12.4. The largest absolute Gasteiger partial charge is 0.573 e. The summed E-state index contributed by atoms with van der Waals surface area (Å²) in [6, 6.07) is 2.52. The van der Waals surface area contributed by atoms with Crippen molar-refractivity contribution in [3.05, 3.63) is 30.1 Å². The van der Waals surface area contributed by atoms with Gasteiger partial charge in [0.15, 0.2) is 11.5 Å². The lowest BCUT2D eigenvalue weighted by molar-refractivity contribution is -0.276. The summed E-state index contributed by atoms with van der Waals surface area (Å²) in [7, 11) is 0.